The van der Waals surface area contributed by atoms with Gasteiger partial charge in [0.15, 0.2) is 0 Å². The van der Waals surface area contributed by atoms with Crippen LogP contribution in [0.5, 0.6) is 0 Å². The zero-order valence-corrected chi connectivity index (χ0v) is 15.1. The summed E-state index contributed by atoms with van der Waals surface area (Å²) in [5, 5.41) is 6.21. The van der Waals surface area contributed by atoms with Gasteiger partial charge < -0.3 is 10.6 Å². The molecule has 23 heavy (non-hydrogen) atoms. The van der Waals surface area contributed by atoms with Crippen molar-refractivity contribution in [3.05, 3.63) is 64.7 Å². The fourth-order valence-electron chi connectivity index (χ4n) is 1.83. The predicted molar refractivity (Wildman–Crippen MR) is 97.8 cm³/mol. The minimum atomic E-state index is -1.73. The summed E-state index contributed by atoms with van der Waals surface area (Å²) in [6.45, 7) is 1.97. The lowest BCUT2D eigenvalue weighted by Crippen LogP contribution is -2.49. The zero-order chi connectivity index (χ0) is 17.0. The Kier molecular flexibility index (Phi) is 6.04. The summed E-state index contributed by atoms with van der Waals surface area (Å²) in [5.41, 5.74) is 2.24. The van der Waals surface area contributed by atoms with Crippen molar-refractivity contribution in [2.45, 2.75) is 16.9 Å². The number of nitrogens with one attached hydrogen (secondary N) is 2. The standard InChI is InChI=1S/C16H14Cl4N2O/c1-10-2-8-13(9-3-10)21-15(16(18,19)20)22-14(23)11-4-6-12(17)7-5-11/h2-9,15,21H,1H3,(H,22,23)/t15-/m1/s1. The molecule has 122 valence electrons. The van der Waals surface area contributed by atoms with Gasteiger partial charge in [-0.15, -0.1) is 0 Å². The van der Waals surface area contributed by atoms with Gasteiger partial charge in [-0.2, -0.15) is 0 Å². The second-order valence-electron chi connectivity index (χ2n) is 4.97. The van der Waals surface area contributed by atoms with Crippen LogP contribution in [0.15, 0.2) is 48.5 Å². The summed E-state index contributed by atoms with van der Waals surface area (Å²) in [6.07, 6.45) is -0.904. The predicted octanol–water partition coefficient (Wildman–Crippen LogP) is 5.19. The SMILES string of the molecule is Cc1ccc(N[C@H](NC(=O)c2ccc(Cl)cc2)C(Cl)(Cl)Cl)cc1. The van der Waals surface area contributed by atoms with Crippen LogP contribution in [-0.4, -0.2) is 15.9 Å². The van der Waals surface area contributed by atoms with Crippen LogP contribution >= 0.6 is 46.4 Å². The molecule has 0 aliphatic rings. The van der Waals surface area contributed by atoms with Crippen molar-refractivity contribution in [1.29, 1.82) is 0 Å². The fourth-order valence-corrected chi connectivity index (χ4v) is 2.29. The minimum Gasteiger partial charge on any atom is -0.362 e. The number of anilines is 1. The lowest BCUT2D eigenvalue weighted by molar-refractivity contribution is 0.0942. The van der Waals surface area contributed by atoms with Crippen molar-refractivity contribution in [3.8, 4) is 0 Å². The fraction of sp³-hybridized carbons (Fsp3) is 0.188. The topological polar surface area (TPSA) is 41.1 Å². The molecule has 0 fully saturated rings. The van der Waals surface area contributed by atoms with Crippen LogP contribution < -0.4 is 10.6 Å². The van der Waals surface area contributed by atoms with E-state index in [1.54, 1.807) is 24.3 Å². The van der Waals surface area contributed by atoms with Gasteiger partial charge in [0.05, 0.1) is 0 Å². The second-order valence-corrected chi connectivity index (χ2v) is 7.77. The van der Waals surface area contributed by atoms with Crippen molar-refractivity contribution in [3.63, 3.8) is 0 Å². The Labute approximate surface area is 154 Å². The molecule has 0 aromatic heterocycles. The molecule has 0 spiro atoms. The molecule has 2 aromatic carbocycles. The highest BCUT2D eigenvalue weighted by molar-refractivity contribution is 6.68. The van der Waals surface area contributed by atoms with Gasteiger partial charge in [-0.05, 0) is 43.3 Å². The van der Waals surface area contributed by atoms with E-state index in [-0.39, 0.29) is 5.91 Å². The number of carbonyl (C=O) groups is 1. The Morgan fingerprint density at radius 3 is 2.09 bits per heavy atom. The lowest BCUT2D eigenvalue weighted by atomic mass is 10.2. The van der Waals surface area contributed by atoms with Crippen LogP contribution in [-0.2, 0) is 0 Å². The summed E-state index contributed by atoms with van der Waals surface area (Å²) in [7, 11) is 0. The van der Waals surface area contributed by atoms with Gasteiger partial charge in [-0.25, -0.2) is 0 Å². The van der Waals surface area contributed by atoms with E-state index in [1.807, 2.05) is 31.2 Å². The molecular formula is C16H14Cl4N2O. The Morgan fingerprint density at radius 1 is 1.00 bits per heavy atom. The quantitative estimate of drug-likeness (QED) is 0.556. The number of aryl methyl sites for hydroxylation is 1. The molecule has 7 heteroatoms. The van der Waals surface area contributed by atoms with Crippen molar-refractivity contribution >= 4 is 58.0 Å². The first-order valence-corrected chi connectivity index (χ1v) is 8.23. The highest BCUT2D eigenvalue weighted by Crippen LogP contribution is 2.31. The van der Waals surface area contributed by atoms with E-state index < -0.39 is 9.96 Å². The number of amides is 1. The monoisotopic (exact) mass is 390 g/mol. The number of hydrogen-bond donors (Lipinski definition) is 2. The number of hydrogen-bond acceptors (Lipinski definition) is 2. The maximum Gasteiger partial charge on any atom is 0.252 e. The van der Waals surface area contributed by atoms with E-state index in [2.05, 4.69) is 10.6 Å². The molecule has 0 bridgehead atoms. The molecule has 3 nitrogen and oxygen atoms in total. The molecule has 0 saturated carbocycles. The smallest absolute Gasteiger partial charge is 0.252 e. The van der Waals surface area contributed by atoms with Gasteiger partial charge >= 0.3 is 0 Å². The van der Waals surface area contributed by atoms with Gasteiger partial charge in [0.25, 0.3) is 5.91 Å². The van der Waals surface area contributed by atoms with Gasteiger partial charge in [-0.3, -0.25) is 4.79 Å². The average Bonchev–Trinajstić information content (AvgIpc) is 2.48. The molecule has 0 aliphatic heterocycles. The normalized spacial score (nSPS) is 12.6. The van der Waals surface area contributed by atoms with Crippen LogP contribution in [0.2, 0.25) is 5.02 Å². The number of alkyl halides is 3. The van der Waals surface area contributed by atoms with Crippen LogP contribution in [0, 0.1) is 6.92 Å². The summed E-state index contributed by atoms with van der Waals surface area (Å²) in [5.74, 6) is -0.377. The highest BCUT2D eigenvalue weighted by atomic mass is 35.6. The summed E-state index contributed by atoms with van der Waals surface area (Å²) >= 11 is 23.7. The first kappa shape index (κ1) is 18.2. The van der Waals surface area contributed by atoms with E-state index in [0.29, 0.717) is 10.6 Å². The molecule has 0 aliphatic carbocycles. The largest absolute Gasteiger partial charge is 0.362 e. The number of carbonyl (C=O) groups excluding carboxylic acids is 1. The molecule has 0 radical (unpaired) electrons. The van der Waals surface area contributed by atoms with Gasteiger partial charge in [0, 0.05) is 16.3 Å². The van der Waals surface area contributed by atoms with Crippen LogP contribution in [0.25, 0.3) is 0 Å². The number of halogens is 4. The minimum absolute atomic E-state index is 0.377. The molecule has 2 rings (SSSR count). The first-order chi connectivity index (χ1) is 10.8. The maximum atomic E-state index is 12.3. The van der Waals surface area contributed by atoms with Gasteiger partial charge in [-0.1, -0.05) is 64.1 Å². The first-order valence-electron chi connectivity index (χ1n) is 6.72. The number of benzene rings is 2. The van der Waals surface area contributed by atoms with Gasteiger partial charge in [0.1, 0.15) is 6.17 Å². The molecule has 1 atom stereocenters. The Morgan fingerprint density at radius 2 is 1.57 bits per heavy atom. The van der Waals surface area contributed by atoms with Crippen molar-refractivity contribution in [2.24, 2.45) is 0 Å². The van der Waals surface area contributed by atoms with Gasteiger partial charge in [0.2, 0.25) is 3.79 Å². The maximum absolute atomic E-state index is 12.3. The molecule has 2 aromatic rings. The Hall–Kier alpha value is -1.13. The third-order valence-electron chi connectivity index (χ3n) is 3.07. The van der Waals surface area contributed by atoms with E-state index in [4.69, 9.17) is 46.4 Å². The summed E-state index contributed by atoms with van der Waals surface area (Å²) in [6, 6.07) is 13.9. The zero-order valence-electron chi connectivity index (χ0n) is 12.1. The van der Waals surface area contributed by atoms with E-state index in [9.17, 15) is 4.79 Å². The molecule has 0 heterocycles. The Bertz CT molecular complexity index is 666. The van der Waals surface area contributed by atoms with Crippen molar-refractivity contribution < 1.29 is 4.79 Å². The van der Waals surface area contributed by atoms with Crippen molar-refractivity contribution in [1.82, 2.24) is 5.32 Å². The Balaban J connectivity index is 2.14. The molecule has 0 unspecified atom stereocenters. The second kappa shape index (κ2) is 7.63. The summed E-state index contributed by atoms with van der Waals surface area (Å²) < 4.78 is -1.73. The van der Waals surface area contributed by atoms with Crippen molar-refractivity contribution in [2.75, 3.05) is 5.32 Å². The van der Waals surface area contributed by atoms with E-state index >= 15 is 0 Å². The lowest BCUT2D eigenvalue weighted by Gasteiger charge is -2.27. The molecule has 0 saturated heterocycles. The summed E-state index contributed by atoms with van der Waals surface area (Å²) in [4.78, 5) is 12.3. The van der Waals surface area contributed by atoms with E-state index in [1.165, 1.54) is 0 Å². The van der Waals surface area contributed by atoms with E-state index in [0.717, 1.165) is 11.3 Å². The van der Waals surface area contributed by atoms with Crippen LogP contribution in [0.3, 0.4) is 0 Å². The third-order valence-corrected chi connectivity index (χ3v) is 3.98. The highest BCUT2D eigenvalue weighted by Gasteiger charge is 2.34. The molecular weight excluding hydrogens is 378 g/mol. The third kappa shape index (κ3) is 5.47. The van der Waals surface area contributed by atoms with Crippen LogP contribution in [0.4, 0.5) is 5.69 Å². The average molecular weight is 392 g/mol. The van der Waals surface area contributed by atoms with Crippen LogP contribution in [0.1, 0.15) is 15.9 Å². The number of rotatable bonds is 4. The molecule has 2 N–H and O–H groups in total. The molecule has 1 amide bonds.